The van der Waals surface area contributed by atoms with Crippen molar-refractivity contribution in [2.24, 2.45) is 0 Å². The van der Waals surface area contributed by atoms with Gasteiger partial charge in [-0.15, -0.1) is 11.6 Å². The summed E-state index contributed by atoms with van der Waals surface area (Å²) >= 11 is 5.56. The van der Waals surface area contributed by atoms with Crippen molar-refractivity contribution in [2.75, 3.05) is 0 Å². The van der Waals surface area contributed by atoms with Gasteiger partial charge in [0.2, 0.25) is 0 Å². The number of halogens is 2. The molecule has 1 atom stereocenters. The zero-order valence-electron chi connectivity index (χ0n) is 10.4. The highest BCUT2D eigenvalue weighted by molar-refractivity contribution is 6.16. The average molecular weight is 279 g/mol. The van der Waals surface area contributed by atoms with Crippen LogP contribution in [-0.2, 0) is 5.88 Å². The molecule has 1 aromatic heterocycles. The number of alkyl halides is 1. The van der Waals surface area contributed by atoms with Gasteiger partial charge in [-0.3, -0.25) is 4.98 Å². The molecule has 0 saturated carbocycles. The minimum Gasteiger partial charge on any atom is -0.484 e. The number of nitrogens with zero attached hydrogens (tertiary/aromatic N) is 1. The van der Waals surface area contributed by atoms with Crippen LogP contribution in [-0.4, -0.2) is 4.98 Å². The summed E-state index contributed by atoms with van der Waals surface area (Å²) in [6, 6.07) is 11.0. The van der Waals surface area contributed by atoms with Gasteiger partial charge in [-0.1, -0.05) is 30.3 Å². The predicted octanol–water partition coefficient (Wildman–Crippen LogP) is 4.30. The van der Waals surface area contributed by atoms with Gasteiger partial charge < -0.3 is 4.74 Å². The Morgan fingerprint density at radius 1 is 1.32 bits per heavy atom. The van der Waals surface area contributed by atoms with Crippen molar-refractivity contribution in [3.8, 4) is 5.75 Å². The summed E-state index contributed by atoms with van der Waals surface area (Å²) < 4.78 is 19.3. The van der Waals surface area contributed by atoms with Crippen LogP contribution < -0.4 is 4.74 Å². The van der Waals surface area contributed by atoms with Crippen LogP contribution in [0.25, 0.3) is 0 Å². The Hall–Kier alpha value is -1.61. The molecule has 0 aliphatic carbocycles. The Kier molecular flexibility index (Phi) is 4.74. The van der Waals surface area contributed by atoms with E-state index < -0.39 is 5.82 Å². The Bertz CT molecular complexity index is 533. The maximum Gasteiger partial charge on any atom is 0.149 e. The molecular formula is C15H14ClFNO. The van der Waals surface area contributed by atoms with E-state index in [4.69, 9.17) is 16.3 Å². The van der Waals surface area contributed by atoms with Crippen molar-refractivity contribution < 1.29 is 9.13 Å². The third-order valence-corrected chi connectivity index (χ3v) is 2.98. The molecule has 1 radical (unpaired) electrons. The average Bonchev–Trinajstić information content (AvgIpc) is 2.46. The van der Waals surface area contributed by atoms with Crippen LogP contribution in [0.1, 0.15) is 23.8 Å². The van der Waals surface area contributed by atoms with E-state index in [9.17, 15) is 4.39 Å². The molecule has 2 rings (SSSR count). The summed E-state index contributed by atoms with van der Waals surface area (Å²) in [5, 5.41) is 0. The van der Waals surface area contributed by atoms with E-state index in [1.807, 2.05) is 30.3 Å². The third-order valence-electron chi connectivity index (χ3n) is 2.73. The molecule has 19 heavy (non-hydrogen) atoms. The Labute approximate surface area is 117 Å². The van der Waals surface area contributed by atoms with Gasteiger partial charge in [-0.2, -0.15) is 0 Å². The van der Waals surface area contributed by atoms with Crippen molar-refractivity contribution in [3.63, 3.8) is 0 Å². The molecule has 0 aliphatic rings. The van der Waals surface area contributed by atoms with E-state index >= 15 is 0 Å². The highest BCUT2D eigenvalue weighted by atomic mass is 35.5. The fourth-order valence-electron chi connectivity index (χ4n) is 1.74. The number of aromatic nitrogens is 1. The zero-order valence-corrected chi connectivity index (χ0v) is 11.1. The van der Waals surface area contributed by atoms with E-state index in [1.165, 1.54) is 12.3 Å². The van der Waals surface area contributed by atoms with Gasteiger partial charge in [0.1, 0.15) is 17.7 Å². The van der Waals surface area contributed by atoms with Crippen molar-refractivity contribution in [3.05, 3.63) is 66.6 Å². The molecule has 4 heteroatoms. The molecule has 0 aliphatic heterocycles. The number of hydrogen-bond acceptors (Lipinski definition) is 2. The predicted molar refractivity (Wildman–Crippen MR) is 73.5 cm³/mol. The van der Waals surface area contributed by atoms with Crippen LogP contribution >= 0.6 is 11.6 Å². The lowest BCUT2D eigenvalue weighted by Crippen LogP contribution is -2.07. The molecule has 0 amide bonds. The monoisotopic (exact) mass is 278 g/mol. The van der Waals surface area contributed by atoms with E-state index in [-0.39, 0.29) is 17.7 Å². The summed E-state index contributed by atoms with van der Waals surface area (Å²) in [4.78, 5) is 3.93. The topological polar surface area (TPSA) is 22.1 Å². The third kappa shape index (κ3) is 3.44. The first-order valence-electron chi connectivity index (χ1n) is 5.96. The smallest absolute Gasteiger partial charge is 0.149 e. The summed E-state index contributed by atoms with van der Waals surface area (Å²) in [5.74, 6) is -0.0314. The summed E-state index contributed by atoms with van der Waals surface area (Å²) in [7, 11) is 0. The quantitative estimate of drug-likeness (QED) is 0.761. The maximum absolute atomic E-state index is 13.6. The van der Waals surface area contributed by atoms with Gasteiger partial charge in [0.15, 0.2) is 0 Å². The first kappa shape index (κ1) is 13.8. The lowest BCUT2D eigenvalue weighted by Gasteiger charge is -2.18. The number of hydrogen-bond donors (Lipinski definition) is 0. The first-order chi connectivity index (χ1) is 9.24. The number of benzene rings is 1. The highest BCUT2D eigenvalue weighted by Crippen LogP contribution is 2.25. The molecule has 0 saturated heterocycles. The minimum atomic E-state index is -0.455. The van der Waals surface area contributed by atoms with E-state index in [0.717, 1.165) is 5.56 Å². The molecule has 1 aromatic carbocycles. The highest BCUT2D eigenvalue weighted by Gasteiger charge is 2.12. The lowest BCUT2D eigenvalue weighted by molar-refractivity contribution is 0.206. The van der Waals surface area contributed by atoms with Gasteiger partial charge >= 0.3 is 0 Å². The molecule has 2 nitrogen and oxygen atoms in total. The van der Waals surface area contributed by atoms with Gasteiger partial charge in [0.25, 0.3) is 0 Å². The normalized spacial score (nSPS) is 12.2. The van der Waals surface area contributed by atoms with Crippen LogP contribution in [0.3, 0.4) is 0 Å². The fraction of sp³-hybridized carbons (Fsp3) is 0.200. The van der Waals surface area contributed by atoms with Crippen molar-refractivity contribution in [2.45, 2.75) is 18.4 Å². The molecule has 0 spiro atoms. The van der Waals surface area contributed by atoms with E-state index in [0.29, 0.717) is 12.2 Å². The molecule has 0 bridgehead atoms. The number of pyridine rings is 1. The molecule has 2 aromatic rings. The second-order valence-electron chi connectivity index (χ2n) is 4.04. The molecule has 0 unspecified atom stereocenters. The Morgan fingerprint density at radius 3 is 2.63 bits per heavy atom. The van der Waals surface area contributed by atoms with Gasteiger partial charge in [-0.05, 0) is 18.9 Å². The van der Waals surface area contributed by atoms with Gasteiger partial charge in [-0.25, -0.2) is 4.39 Å². The molecular weight excluding hydrogens is 265 g/mol. The van der Waals surface area contributed by atoms with Crippen molar-refractivity contribution in [1.82, 2.24) is 4.98 Å². The fourth-order valence-corrected chi connectivity index (χ4v) is 1.93. The van der Waals surface area contributed by atoms with Crippen molar-refractivity contribution in [1.29, 1.82) is 0 Å². The maximum atomic E-state index is 13.6. The molecule has 1 heterocycles. The number of ether oxygens (including phenoxy) is 1. The summed E-state index contributed by atoms with van der Waals surface area (Å²) in [6.45, 7) is 3.85. The second-order valence-corrected chi connectivity index (χ2v) is 4.31. The van der Waals surface area contributed by atoms with Gasteiger partial charge in [0, 0.05) is 6.07 Å². The van der Waals surface area contributed by atoms with Crippen LogP contribution in [0.4, 0.5) is 4.39 Å². The van der Waals surface area contributed by atoms with E-state index in [2.05, 4.69) is 11.9 Å². The molecule has 0 fully saturated rings. The zero-order chi connectivity index (χ0) is 13.7. The largest absolute Gasteiger partial charge is 0.484 e. The Balaban J connectivity index is 2.17. The molecule has 0 N–H and O–H groups in total. The van der Waals surface area contributed by atoms with E-state index in [1.54, 1.807) is 0 Å². The van der Waals surface area contributed by atoms with Gasteiger partial charge in [0.05, 0.1) is 17.8 Å². The lowest BCUT2D eigenvalue weighted by atomic mass is 10.1. The summed E-state index contributed by atoms with van der Waals surface area (Å²) in [5.41, 5.74) is 1.22. The van der Waals surface area contributed by atoms with Crippen LogP contribution in [0.2, 0.25) is 0 Å². The Morgan fingerprint density at radius 2 is 2.05 bits per heavy atom. The van der Waals surface area contributed by atoms with Crippen LogP contribution in [0.15, 0.2) is 42.6 Å². The standard InChI is InChI=1S/C15H14ClFNO/c1-2-15(11-6-4-3-5-7-11)19-12-8-13(17)14(9-16)18-10-12/h3-8,10,15H,1-2,9H2/t15-/m0/s1. The molecule has 99 valence electrons. The minimum absolute atomic E-state index is 0.0452. The SMILES string of the molecule is [CH2]C[C@H](Oc1cnc(CCl)c(F)c1)c1ccccc1. The van der Waals surface area contributed by atoms with Crippen molar-refractivity contribution >= 4 is 11.6 Å². The second kappa shape index (κ2) is 6.53. The number of rotatable bonds is 5. The van der Waals surface area contributed by atoms with Crippen LogP contribution in [0, 0.1) is 12.7 Å². The van der Waals surface area contributed by atoms with Crippen LogP contribution in [0.5, 0.6) is 5.75 Å². The first-order valence-corrected chi connectivity index (χ1v) is 6.49. The summed E-state index contributed by atoms with van der Waals surface area (Å²) in [6.07, 6.45) is 1.80.